The summed E-state index contributed by atoms with van der Waals surface area (Å²) in [5.74, 6) is 5.47. The van der Waals surface area contributed by atoms with Crippen LogP contribution in [0, 0.1) is 6.92 Å². The Kier molecular flexibility index (Phi) is 4.01. The molecule has 1 fully saturated rings. The van der Waals surface area contributed by atoms with E-state index in [-0.39, 0.29) is 11.9 Å². The normalized spacial score (nSPS) is 20.4. The van der Waals surface area contributed by atoms with Gasteiger partial charge >= 0.3 is 0 Å². The molecule has 3 N–H and O–H groups in total. The molecule has 6 nitrogen and oxygen atoms in total. The van der Waals surface area contributed by atoms with Crippen molar-refractivity contribution in [3.05, 3.63) is 23.5 Å². The zero-order valence-electron chi connectivity index (χ0n) is 11.7. The highest BCUT2D eigenvalue weighted by molar-refractivity contribution is 5.99. The van der Waals surface area contributed by atoms with Gasteiger partial charge in [-0.1, -0.05) is 0 Å². The van der Waals surface area contributed by atoms with Crippen LogP contribution in [-0.2, 0) is 0 Å². The summed E-state index contributed by atoms with van der Waals surface area (Å²) in [7, 11) is 2.07. The molecule has 6 heteroatoms. The number of nitrogens with zero attached hydrogens (tertiary/aromatic N) is 3. The van der Waals surface area contributed by atoms with Crippen molar-refractivity contribution in [2.45, 2.75) is 19.9 Å². The first-order valence-electron chi connectivity index (χ1n) is 6.45. The number of nitrogens with one attached hydrogen (secondary N) is 1. The molecular formula is C13H21N5O. The third-order valence-electron chi connectivity index (χ3n) is 3.52. The fraction of sp³-hybridized carbons (Fsp3) is 0.538. The Morgan fingerprint density at radius 2 is 2.26 bits per heavy atom. The van der Waals surface area contributed by atoms with Crippen LogP contribution >= 0.6 is 0 Å². The second-order valence-electron chi connectivity index (χ2n) is 5.13. The molecule has 1 aromatic heterocycles. The monoisotopic (exact) mass is 263 g/mol. The average molecular weight is 263 g/mol. The van der Waals surface area contributed by atoms with E-state index in [1.807, 2.05) is 11.8 Å². The second kappa shape index (κ2) is 5.54. The maximum absolute atomic E-state index is 12.6. The highest BCUT2D eigenvalue weighted by Crippen LogP contribution is 2.19. The lowest BCUT2D eigenvalue weighted by molar-refractivity contribution is 0.0534. The number of hydrazine groups is 1. The molecule has 1 amide bonds. The van der Waals surface area contributed by atoms with Crippen molar-refractivity contribution in [3.8, 4) is 0 Å². The Morgan fingerprint density at radius 3 is 2.89 bits per heavy atom. The van der Waals surface area contributed by atoms with Crippen LogP contribution in [0.5, 0.6) is 0 Å². The van der Waals surface area contributed by atoms with Gasteiger partial charge < -0.3 is 15.2 Å². The molecule has 0 spiro atoms. The number of aromatic nitrogens is 1. The fourth-order valence-corrected chi connectivity index (χ4v) is 2.45. The number of piperazine rings is 1. The lowest BCUT2D eigenvalue weighted by atomic mass is 10.1. The van der Waals surface area contributed by atoms with Crippen molar-refractivity contribution in [1.29, 1.82) is 0 Å². The minimum Gasteiger partial charge on any atom is -0.333 e. The van der Waals surface area contributed by atoms with Gasteiger partial charge in [0.15, 0.2) is 0 Å². The molecular weight excluding hydrogens is 242 g/mol. The first-order valence-corrected chi connectivity index (χ1v) is 6.45. The SMILES string of the molecule is Cc1cc(NN)c(C(=O)N2CCN(C)CC2C)cn1. The Morgan fingerprint density at radius 1 is 1.53 bits per heavy atom. The Labute approximate surface area is 113 Å². The van der Waals surface area contributed by atoms with E-state index in [1.54, 1.807) is 12.3 Å². The van der Waals surface area contributed by atoms with Crippen molar-refractivity contribution in [1.82, 2.24) is 14.8 Å². The van der Waals surface area contributed by atoms with Crippen molar-refractivity contribution in [3.63, 3.8) is 0 Å². The largest absolute Gasteiger partial charge is 0.333 e. The lowest BCUT2D eigenvalue weighted by Crippen LogP contribution is -2.52. The molecule has 1 aromatic rings. The number of hydrogen-bond donors (Lipinski definition) is 2. The van der Waals surface area contributed by atoms with E-state index >= 15 is 0 Å². The molecule has 1 aliphatic heterocycles. The minimum absolute atomic E-state index is 0.0129. The summed E-state index contributed by atoms with van der Waals surface area (Å²) in [4.78, 5) is 20.9. The quantitative estimate of drug-likeness (QED) is 0.598. The van der Waals surface area contributed by atoms with Crippen molar-refractivity contribution in [2.24, 2.45) is 5.84 Å². The molecule has 104 valence electrons. The summed E-state index contributed by atoms with van der Waals surface area (Å²) in [6.45, 7) is 6.43. The molecule has 0 aromatic carbocycles. The van der Waals surface area contributed by atoms with Gasteiger partial charge in [0.25, 0.3) is 5.91 Å². The molecule has 0 radical (unpaired) electrons. The second-order valence-corrected chi connectivity index (χ2v) is 5.13. The van der Waals surface area contributed by atoms with E-state index < -0.39 is 0 Å². The summed E-state index contributed by atoms with van der Waals surface area (Å²) < 4.78 is 0. The lowest BCUT2D eigenvalue weighted by Gasteiger charge is -2.38. The van der Waals surface area contributed by atoms with Crippen molar-refractivity contribution >= 4 is 11.6 Å². The number of pyridine rings is 1. The number of aryl methyl sites for hydroxylation is 1. The van der Waals surface area contributed by atoms with Crippen molar-refractivity contribution < 1.29 is 4.79 Å². The van der Waals surface area contributed by atoms with E-state index in [4.69, 9.17) is 5.84 Å². The number of likely N-dealkylation sites (N-methyl/N-ethyl adjacent to an activating group) is 1. The van der Waals surface area contributed by atoms with Crippen LogP contribution < -0.4 is 11.3 Å². The van der Waals surface area contributed by atoms with Gasteiger partial charge in [-0.3, -0.25) is 15.6 Å². The first-order chi connectivity index (χ1) is 9.02. The van der Waals surface area contributed by atoms with Gasteiger partial charge in [0.05, 0.1) is 11.3 Å². The van der Waals surface area contributed by atoms with E-state index in [0.717, 1.165) is 25.3 Å². The van der Waals surface area contributed by atoms with Gasteiger partial charge in [-0.15, -0.1) is 0 Å². The van der Waals surface area contributed by atoms with Gasteiger partial charge in [0.1, 0.15) is 0 Å². The molecule has 2 heterocycles. The molecule has 0 saturated carbocycles. The summed E-state index contributed by atoms with van der Waals surface area (Å²) in [6, 6.07) is 1.98. The number of amides is 1. The van der Waals surface area contributed by atoms with Gasteiger partial charge in [-0.05, 0) is 27.0 Å². The van der Waals surface area contributed by atoms with E-state index in [1.165, 1.54) is 0 Å². The first kappa shape index (κ1) is 13.8. The Hall–Kier alpha value is -1.66. The third kappa shape index (κ3) is 2.85. The maximum atomic E-state index is 12.6. The van der Waals surface area contributed by atoms with Crippen LogP contribution in [0.4, 0.5) is 5.69 Å². The average Bonchev–Trinajstić information content (AvgIpc) is 2.37. The molecule has 1 saturated heterocycles. The van der Waals surface area contributed by atoms with E-state index in [9.17, 15) is 4.79 Å². The van der Waals surface area contributed by atoms with E-state index in [0.29, 0.717) is 11.3 Å². The number of nitrogen functional groups attached to an aromatic ring is 1. The predicted octanol–water partition coefficient (Wildman–Crippen LogP) is 0.452. The summed E-state index contributed by atoms with van der Waals surface area (Å²) >= 11 is 0. The maximum Gasteiger partial charge on any atom is 0.257 e. The zero-order chi connectivity index (χ0) is 14.0. The molecule has 0 aliphatic carbocycles. The highest BCUT2D eigenvalue weighted by atomic mass is 16.2. The van der Waals surface area contributed by atoms with Crippen molar-refractivity contribution in [2.75, 3.05) is 32.1 Å². The van der Waals surface area contributed by atoms with Crippen LogP contribution in [-0.4, -0.2) is 53.4 Å². The molecule has 1 unspecified atom stereocenters. The number of carbonyl (C=O) groups is 1. The number of rotatable bonds is 2. The smallest absolute Gasteiger partial charge is 0.257 e. The minimum atomic E-state index is -0.0129. The van der Waals surface area contributed by atoms with E-state index in [2.05, 4.69) is 29.3 Å². The fourth-order valence-electron chi connectivity index (χ4n) is 2.45. The number of anilines is 1. The number of carbonyl (C=O) groups excluding carboxylic acids is 1. The summed E-state index contributed by atoms with van der Waals surface area (Å²) in [5, 5.41) is 0. The molecule has 2 rings (SSSR count). The number of hydrogen-bond acceptors (Lipinski definition) is 5. The highest BCUT2D eigenvalue weighted by Gasteiger charge is 2.28. The standard InChI is InChI=1S/C13H21N5O/c1-9-6-12(16-14)11(7-15-9)13(19)18-5-4-17(3)8-10(18)2/h6-7,10H,4-5,8,14H2,1-3H3,(H,15,16). The molecule has 0 bridgehead atoms. The summed E-state index contributed by atoms with van der Waals surface area (Å²) in [5.41, 5.74) is 4.57. The molecule has 1 aliphatic rings. The van der Waals surface area contributed by atoms with Crippen LogP contribution in [0.15, 0.2) is 12.3 Å². The van der Waals surface area contributed by atoms with Crippen LogP contribution in [0.25, 0.3) is 0 Å². The predicted molar refractivity (Wildman–Crippen MR) is 74.8 cm³/mol. The van der Waals surface area contributed by atoms with Gasteiger partial charge in [0.2, 0.25) is 0 Å². The van der Waals surface area contributed by atoms with Gasteiger partial charge in [-0.25, -0.2) is 0 Å². The number of nitrogens with two attached hydrogens (primary N) is 1. The molecule has 19 heavy (non-hydrogen) atoms. The zero-order valence-corrected chi connectivity index (χ0v) is 11.7. The van der Waals surface area contributed by atoms with Crippen LogP contribution in [0.3, 0.4) is 0 Å². The van der Waals surface area contributed by atoms with Crippen LogP contribution in [0.2, 0.25) is 0 Å². The Balaban J connectivity index is 2.24. The van der Waals surface area contributed by atoms with Crippen LogP contribution in [0.1, 0.15) is 23.0 Å². The summed E-state index contributed by atoms with van der Waals surface area (Å²) in [6.07, 6.45) is 1.60. The van der Waals surface area contributed by atoms with Gasteiger partial charge in [0, 0.05) is 37.6 Å². The molecule has 1 atom stereocenters. The Bertz CT molecular complexity index is 476. The third-order valence-corrected chi connectivity index (χ3v) is 3.52. The van der Waals surface area contributed by atoms with Gasteiger partial charge in [-0.2, -0.15) is 0 Å². The topological polar surface area (TPSA) is 74.5 Å².